The minimum atomic E-state index is -0.911. The number of hydrogen-bond acceptors (Lipinski definition) is 3. The van der Waals surface area contributed by atoms with Crippen molar-refractivity contribution in [3.63, 3.8) is 0 Å². The number of aromatic nitrogens is 1. The molecule has 0 bridgehead atoms. The van der Waals surface area contributed by atoms with E-state index in [9.17, 15) is 4.79 Å². The zero-order chi connectivity index (χ0) is 13.1. The van der Waals surface area contributed by atoms with Gasteiger partial charge in [-0.25, -0.2) is 9.78 Å². The molecule has 4 nitrogen and oxygen atoms in total. The number of aromatic carboxylic acids is 1. The van der Waals surface area contributed by atoms with Crippen molar-refractivity contribution < 1.29 is 9.90 Å². The molecule has 0 saturated heterocycles. The average molecular weight is 244 g/mol. The van der Waals surface area contributed by atoms with Gasteiger partial charge in [0.15, 0.2) is 0 Å². The van der Waals surface area contributed by atoms with Gasteiger partial charge in [0.25, 0.3) is 0 Å². The number of carbonyl (C=O) groups is 1. The van der Waals surface area contributed by atoms with E-state index in [1.165, 1.54) is 0 Å². The molecule has 2 rings (SSSR count). The predicted octanol–water partition coefficient (Wildman–Crippen LogP) is 2.78. The Kier molecular flexibility index (Phi) is 3.46. The number of benzene rings is 1. The standard InChI is InChI=1S/C14H16N2O2/c1-3-16(4-2)13-12-9-11(14(17)18)6-5-10(12)7-8-15-13/h5-9H,3-4H2,1-2H3,(H,17,18). The van der Waals surface area contributed by atoms with Crippen molar-refractivity contribution in [2.45, 2.75) is 13.8 Å². The highest BCUT2D eigenvalue weighted by atomic mass is 16.4. The van der Waals surface area contributed by atoms with Crippen LogP contribution < -0.4 is 4.90 Å². The van der Waals surface area contributed by atoms with Crippen LogP contribution in [0.4, 0.5) is 5.82 Å². The van der Waals surface area contributed by atoms with Crippen molar-refractivity contribution in [2.24, 2.45) is 0 Å². The second-order valence-electron chi connectivity index (χ2n) is 4.05. The Morgan fingerprint density at radius 1 is 1.28 bits per heavy atom. The number of fused-ring (bicyclic) bond motifs is 1. The van der Waals surface area contributed by atoms with E-state index < -0.39 is 5.97 Å². The Balaban J connectivity index is 2.65. The molecular formula is C14H16N2O2. The van der Waals surface area contributed by atoms with Gasteiger partial charge in [0.1, 0.15) is 5.82 Å². The van der Waals surface area contributed by atoms with E-state index in [1.807, 2.05) is 12.1 Å². The largest absolute Gasteiger partial charge is 0.478 e. The van der Waals surface area contributed by atoms with Crippen LogP contribution in [-0.4, -0.2) is 29.1 Å². The van der Waals surface area contributed by atoms with Gasteiger partial charge in [-0.1, -0.05) is 6.07 Å². The highest BCUT2D eigenvalue weighted by Crippen LogP contribution is 2.25. The topological polar surface area (TPSA) is 53.4 Å². The van der Waals surface area contributed by atoms with E-state index in [2.05, 4.69) is 23.7 Å². The molecule has 0 atom stereocenters. The molecule has 0 aliphatic carbocycles. The minimum Gasteiger partial charge on any atom is -0.478 e. The van der Waals surface area contributed by atoms with Crippen molar-refractivity contribution in [2.75, 3.05) is 18.0 Å². The fraction of sp³-hybridized carbons (Fsp3) is 0.286. The van der Waals surface area contributed by atoms with Crippen LogP contribution in [-0.2, 0) is 0 Å². The van der Waals surface area contributed by atoms with E-state index in [4.69, 9.17) is 5.11 Å². The quantitative estimate of drug-likeness (QED) is 0.898. The number of pyridine rings is 1. The molecule has 2 aromatic rings. The van der Waals surface area contributed by atoms with Gasteiger partial charge in [0, 0.05) is 24.7 Å². The number of carboxylic acid groups (broad SMARTS) is 1. The maximum Gasteiger partial charge on any atom is 0.335 e. The van der Waals surface area contributed by atoms with Crippen molar-refractivity contribution in [3.8, 4) is 0 Å². The zero-order valence-corrected chi connectivity index (χ0v) is 10.6. The number of rotatable bonds is 4. The summed E-state index contributed by atoms with van der Waals surface area (Å²) >= 11 is 0. The third-order valence-corrected chi connectivity index (χ3v) is 3.06. The van der Waals surface area contributed by atoms with E-state index in [1.54, 1.807) is 18.3 Å². The van der Waals surface area contributed by atoms with Crippen LogP contribution in [0.2, 0.25) is 0 Å². The average Bonchev–Trinajstić information content (AvgIpc) is 2.39. The van der Waals surface area contributed by atoms with Crippen molar-refractivity contribution in [1.29, 1.82) is 0 Å². The summed E-state index contributed by atoms with van der Waals surface area (Å²) in [6.07, 6.45) is 1.76. The summed E-state index contributed by atoms with van der Waals surface area (Å²) in [5, 5.41) is 11.0. The maximum absolute atomic E-state index is 11.0. The Labute approximate surface area is 106 Å². The summed E-state index contributed by atoms with van der Waals surface area (Å²) in [5.74, 6) is -0.0631. The van der Waals surface area contributed by atoms with E-state index in [0.29, 0.717) is 5.56 Å². The first kappa shape index (κ1) is 12.4. The van der Waals surface area contributed by atoms with E-state index in [0.717, 1.165) is 29.7 Å². The lowest BCUT2D eigenvalue weighted by Crippen LogP contribution is -2.23. The fourth-order valence-electron chi connectivity index (χ4n) is 2.06. The predicted molar refractivity (Wildman–Crippen MR) is 72.3 cm³/mol. The highest BCUT2D eigenvalue weighted by molar-refractivity contribution is 5.98. The Morgan fingerprint density at radius 3 is 2.61 bits per heavy atom. The van der Waals surface area contributed by atoms with Crippen molar-refractivity contribution in [1.82, 2.24) is 4.98 Å². The summed E-state index contributed by atoms with van der Waals surface area (Å²) in [4.78, 5) is 17.5. The van der Waals surface area contributed by atoms with Gasteiger partial charge in [-0.2, -0.15) is 0 Å². The summed E-state index contributed by atoms with van der Waals surface area (Å²) in [5.41, 5.74) is 0.295. The van der Waals surface area contributed by atoms with Crippen LogP contribution in [0.3, 0.4) is 0 Å². The second kappa shape index (κ2) is 5.04. The number of hydrogen-bond donors (Lipinski definition) is 1. The van der Waals surface area contributed by atoms with Gasteiger partial charge in [-0.3, -0.25) is 0 Å². The Hall–Kier alpha value is -2.10. The molecule has 0 fully saturated rings. The van der Waals surface area contributed by atoms with Crippen LogP contribution in [0.15, 0.2) is 30.5 Å². The SMILES string of the molecule is CCN(CC)c1nccc2ccc(C(=O)O)cc12. The van der Waals surface area contributed by atoms with Gasteiger partial charge in [0.05, 0.1) is 5.56 Å². The van der Waals surface area contributed by atoms with Crippen LogP contribution in [0, 0.1) is 0 Å². The fourth-order valence-corrected chi connectivity index (χ4v) is 2.06. The van der Waals surface area contributed by atoms with Gasteiger partial charge >= 0.3 is 5.97 Å². The third-order valence-electron chi connectivity index (χ3n) is 3.06. The monoisotopic (exact) mass is 244 g/mol. The number of carboxylic acids is 1. The molecular weight excluding hydrogens is 228 g/mol. The van der Waals surface area contributed by atoms with Gasteiger partial charge in [-0.15, -0.1) is 0 Å². The van der Waals surface area contributed by atoms with Gasteiger partial charge < -0.3 is 10.0 Å². The molecule has 0 unspecified atom stereocenters. The van der Waals surface area contributed by atoms with Gasteiger partial charge in [-0.05, 0) is 37.4 Å². The minimum absolute atomic E-state index is 0.295. The molecule has 0 radical (unpaired) electrons. The molecule has 4 heteroatoms. The molecule has 1 aromatic carbocycles. The molecule has 0 spiro atoms. The normalized spacial score (nSPS) is 10.6. The smallest absolute Gasteiger partial charge is 0.335 e. The molecule has 0 saturated carbocycles. The van der Waals surface area contributed by atoms with Crippen molar-refractivity contribution >= 4 is 22.6 Å². The Bertz CT molecular complexity index is 577. The first-order valence-corrected chi connectivity index (χ1v) is 6.04. The van der Waals surface area contributed by atoms with Crippen LogP contribution >= 0.6 is 0 Å². The lowest BCUT2D eigenvalue weighted by molar-refractivity contribution is 0.0697. The number of nitrogens with zero attached hydrogens (tertiary/aromatic N) is 2. The Morgan fingerprint density at radius 2 is 2.00 bits per heavy atom. The molecule has 18 heavy (non-hydrogen) atoms. The third kappa shape index (κ3) is 2.14. The summed E-state index contributed by atoms with van der Waals surface area (Å²) in [7, 11) is 0. The van der Waals surface area contributed by atoms with E-state index >= 15 is 0 Å². The molecule has 1 heterocycles. The molecule has 0 amide bonds. The lowest BCUT2D eigenvalue weighted by atomic mass is 10.1. The maximum atomic E-state index is 11.0. The summed E-state index contributed by atoms with van der Waals surface area (Å²) in [6.45, 7) is 5.82. The first-order chi connectivity index (χ1) is 8.67. The lowest BCUT2D eigenvalue weighted by Gasteiger charge is -2.21. The van der Waals surface area contributed by atoms with Crippen LogP contribution in [0.1, 0.15) is 24.2 Å². The zero-order valence-electron chi connectivity index (χ0n) is 10.6. The second-order valence-corrected chi connectivity index (χ2v) is 4.05. The molecule has 1 N–H and O–H groups in total. The van der Waals surface area contributed by atoms with Crippen molar-refractivity contribution in [3.05, 3.63) is 36.0 Å². The first-order valence-electron chi connectivity index (χ1n) is 6.04. The highest BCUT2D eigenvalue weighted by Gasteiger charge is 2.11. The number of anilines is 1. The van der Waals surface area contributed by atoms with Crippen LogP contribution in [0.25, 0.3) is 10.8 Å². The summed E-state index contributed by atoms with van der Waals surface area (Å²) < 4.78 is 0. The van der Waals surface area contributed by atoms with Crippen LogP contribution in [0.5, 0.6) is 0 Å². The molecule has 0 aliphatic rings. The molecule has 1 aromatic heterocycles. The summed E-state index contributed by atoms with van der Waals surface area (Å²) in [6, 6.07) is 7.04. The molecule has 94 valence electrons. The van der Waals surface area contributed by atoms with E-state index in [-0.39, 0.29) is 0 Å². The van der Waals surface area contributed by atoms with Gasteiger partial charge in [0.2, 0.25) is 0 Å². The molecule has 0 aliphatic heterocycles.